The molecule has 0 aliphatic rings. The highest BCUT2D eigenvalue weighted by Crippen LogP contribution is 2.11. The van der Waals surface area contributed by atoms with Gasteiger partial charge in [0.2, 0.25) is 17.1 Å². The summed E-state index contributed by atoms with van der Waals surface area (Å²) in [5.74, 6) is 0.327. The van der Waals surface area contributed by atoms with E-state index in [0.717, 1.165) is 6.42 Å². The van der Waals surface area contributed by atoms with E-state index in [2.05, 4.69) is 20.3 Å². The molecule has 0 atom stereocenters. The predicted molar refractivity (Wildman–Crippen MR) is 72.4 cm³/mol. The molecule has 1 aromatic heterocycles. The first-order valence-electron chi connectivity index (χ1n) is 6.01. The Kier molecular flexibility index (Phi) is 6.27. The molecule has 7 nitrogen and oxygen atoms in total. The van der Waals surface area contributed by atoms with Gasteiger partial charge >= 0.3 is 6.01 Å². The highest BCUT2D eigenvalue weighted by molar-refractivity contribution is 6.28. The Morgan fingerprint density at radius 2 is 2.11 bits per heavy atom. The molecule has 1 amide bonds. The second kappa shape index (κ2) is 7.73. The van der Waals surface area contributed by atoms with Crippen molar-refractivity contribution in [1.82, 2.24) is 19.9 Å². The van der Waals surface area contributed by atoms with Gasteiger partial charge in [0.25, 0.3) is 0 Å². The van der Waals surface area contributed by atoms with Crippen molar-refractivity contribution in [2.45, 2.75) is 19.8 Å². The largest absolute Gasteiger partial charge is 0.463 e. The third-order valence-corrected chi connectivity index (χ3v) is 2.31. The number of nitrogens with one attached hydrogen (secondary N) is 1. The van der Waals surface area contributed by atoms with Gasteiger partial charge in [-0.3, -0.25) is 4.79 Å². The van der Waals surface area contributed by atoms with Crippen molar-refractivity contribution in [1.29, 1.82) is 0 Å². The van der Waals surface area contributed by atoms with Gasteiger partial charge in [-0.05, 0) is 18.0 Å². The fourth-order valence-electron chi connectivity index (χ4n) is 1.17. The standard InChI is InChI=1S/C11H18ClN5O2/c1-4-7-19-11-15-9(12)14-10(16-11)13-6-5-8(18)17(2)3/h4-7H2,1-3H3,(H,13,14,15,16). The summed E-state index contributed by atoms with van der Waals surface area (Å²) in [5.41, 5.74) is 0. The minimum Gasteiger partial charge on any atom is -0.463 e. The summed E-state index contributed by atoms with van der Waals surface area (Å²) in [6.45, 7) is 2.91. The average molecular weight is 288 g/mol. The third kappa shape index (κ3) is 5.69. The van der Waals surface area contributed by atoms with E-state index in [0.29, 0.717) is 25.5 Å². The molecule has 1 N–H and O–H groups in total. The van der Waals surface area contributed by atoms with Gasteiger partial charge < -0.3 is 15.0 Å². The van der Waals surface area contributed by atoms with Crippen LogP contribution < -0.4 is 10.1 Å². The number of rotatable bonds is 7. The van der Waals surface area contributed by atoms with Crippen LogP contribution in [0, 0.1) is 0 Å². The van der Waals surface area contributed by atoms with E-state index in [1.54, 1.807) is 14.1 Å². The second-order valence-corrected chi connectivity index (χ2v) is 4.36. The maximum Gasteiger partial charge on any atom is 0.322 e. The zero-order chi connectivity index (χ0) is 14.3. The van der Waals surface area contributed by atoms with Gasteiger partial charge in [-0.25, -0.2) is 0 Å². The highest BCUT2D eigenvalue weighted by atomic mass is 35.5. The predicted octanol–water partition coefficient (Wildman–Crippen LogP) is 1.20. The number of nitrogens with zero attached hydrogens (tertiary/aromatic N) is 4. The molecule has 1 aromatic rings. The van der Waals surface area contributed by atoms with Crippen molar-refractivity contribution in [3.63, 3.8) is 0 Å². The van der Waals surface area contributed by atoms with E-state index < -0.39 is 0 Å². The van der Waals surface area contributed by atoms with Crippen LogP contribution in [-0.2, 0) is 4.79 Å². The normalized spacial score (nSPS) is 10.1. The fraction of sp³-hybridized carbons (Fsp3) is 0.636. The molecule has 0 bridgehead atoms. The van der Waals surface area contributed by atoms with Crippen LogP contribution in [0.15, 0.2) is 0 Å². The van der Waals surface area contributed by atoms with Crippen LogP contribution in [0.25, 0.3) is 0 Å². The molecule has 1 heterocycles. The van der Waals surface area contributed by atoms with Crippen molar-refractivity contribution < 1.29 is 9.53 Å². The zero-order valence-corrected chi connectivity index (χ0v) is 12.1. The Morgan fingerprint density at radius 3 is 2.74 bits per heavy atom. The lowest BCUT2D eigenvalue weighted by molar-refractivity contribution is -0.128. The number of carbonyl (C=O) groups excluding carboxylic acids is 1. The smallest absolute Gasteiger partial charge is 0.322 e. The number of carbonyl (C=O) groups is 1. The molecule has 0 spiro atoms. The van der Waals surface area contributed by atoms with Crippen LogP contribution in [0.2, 0.25) is 5.28 Å². The third-order valence-electron chi connectivity index (χ3n) is 2.14. The SMILES string of the molecule is CCCOc1nc(Cl)nc(NCCC(=O)N(C)C)n1. The molecule has 1 rings (SSSR count). The molecule has 0 unspecified atom stereocenters. The molecule has 0 saturated heterocycles. The summed E-state index contributed by atoms with van der Waals surface area (Å²) in [4.78, 5) is 24.7. The minimum atomic E-state index is 0.0232. The van der Waals surface area contributed by atoms with E-state index >= 15 is 0 Å². The Labute approximate surface area is 117 Å². The van der Waals surface area contributed by atoms with E-state index in [1.165, 1.54) is 4.90 Å². The van der Waals surface area contributed by atoms with Crippen molar-refractivity contribution in [3.05, 3.63) is 5.28 Å². The van der Waals surface area contributed by atoms with E-state index in [4.69, 9.17) is 16.3 Å². The molecule has 106 valence electrons. The Morgan fingerprint density at radius 1 is 1.37 bits per heavy atom. The van der Waals surface area contributed by atoms with Gasteiger partial charge in [0.05, 0.1) is 6.61 Å². The van der Waals surface area contributed by atoms with Crippen molar-refractivity contribution >= 4 is 23.5 Å². The summed E-state index contributed by atoms with van der Waals surface area (Å²) in [6.07, 6.45) is 1.20. The van der Waals surface area contributed by atoms with Gasteiger partial charge in [-0.2, -0.15) is 15.0 Å². The average Bonchev–Trinajstić information content (AvgIpc) is 2.35. The summed E-state index contributed by atoms with van der Waals surface area (Å²) < 4.78 is 5.28. The zero-order valence-electron chi connectivity index (χ0n) is 11.3. The number of hydrogen-bond acceptors (Lipinski definition) is 6. The number of hydrogen-bond donors (Lipinski definition) is 1. The number of amides is 1. The molecule has 0 radical (unpaired) electrons. The molecule has 8 heteroatoms. The molecule has 19 heavy (non-hydrogen) atoms. The minimum absolute atomic E-state index is 0.0232. The van der Waals surface area contributed by atoms with Crippen LogP contribution in [0.5, 0.6) is 6.01 Å². The van der Waals surface area contributed by atoms with Crippen LogP contribution in [-0.4, -0.2) is 53.0 Å². The lowest BCUT2D eigenvalue weighted by atomic mass is 10.4. The number of anilines is 1. The van der Waals surface area contributed by atoms with Gasteiger partial charge in [-0.15, -0.1) is 0 Å². The highest BCUT2D eigenvalue weighted by Gasteiger charge is 2.07. The van der Waals surface area contributed by atoms with Crippen LogP contribution in [0.4, 0.5) is 5.95 Å². The Balaban J connectivity index is 2.53. The second-order valence-electron chi connectivity index (χ2n) is 4.02. The summed E-state index contributed by atoms with van der Waals surface area (Å²) in [5, 5.41) is 2.97. The molecule has 0 aromatic carbocycles. The number of halogens is 1. The first kappa shape index (κ1) is 15.4. The lowest BCUT2D eigenvalue weighted by Gasteiger charge is -2.10. The molecule has 0 saturated carbocycles. The topological polar surface area (TPSA) is 80.2 Å². The van der Waals surface area contributed by atoms with Gasteiger partial charge in [0, 0.05) is 27.1 Å². The van der Waals surface area contributed by atoms with Crippen LogP contribution >= 0.6 is 11.6 Å². The molecule has 0 aliphatic heterocycles. The van der Waals surface area contributed by atoms with Gasteiger partial charge in [-0.1, -0.05) is 6.92 Å². The first-order chi connectivity index (χ1) is 9.02. The fourth-order valence-corrected chi connectivity index (χ4v) is 1.33. The van der Waals surface area contributed by atoms with E-state index in [-0.39, 0.29) is 17.2 Å². The molecule has 0 aliphatic carbocycles. The molecular weight excluding hydrogens is 270 g/mol. The van der Waals surface area contributed by atoms with Crippen molar-refractivity contribution in [2.24, 2.45) is 0 Å². The maximum absolute atomic E-state index is 11.4. The van der Waals surface area contributed by atoms with E-state index in [1.807, 2.05) is 6.92 Å². The Bertz CT molecular complexity index is 428. The summed E-state index contributed by atoms with van der Waals surface area (Å²) in [6, 6.07) is 0.184. The monoisotopic (exact) mass is 287 g/mol. The summed E-state index contributed by atoms with van der Waals surface area (Å²) in [7, 11) is 3.41. The van der Waals surface area contributed by atoms with Crippen molar-refractivity contribution in [3.8, 4) is 6.01 Å². The number of ether oxygens (including phenoxy) is 1. The maximum atomic E-state index is 11.4. The van der Waals surface area contributed by atoms with Crippen LogP contribution in [0.3, 0.4) is 0 Å². The molecular formula is C11H18ClN5O2. The first-order valence-corrected chi connectivity index (χ1v) is 6.39. The quantitative estimate of drug-likeness (QED) is 0.812. The van der Waals surface area contributed by atoms with Crippen molar-refractivity contribution in [2.75, 3.05) is 32.6 Å². The van der Waals surface area contributed by atoms with E-state index in [9.17, 15) is 4.79 Å². The summed E-state index contributed by atoms with van der Waals surface area (Å²) >= 11 is 5.76. The van der Waals surface area contributed by atoms with Gasteiger partial charge in [0.15, 0.2) is 0 Å². The number of aromatic nitrogens is 3. The Hall–Kier alpha value is -1.63. The molecule has 0 fully saturated rings. The van der Waals surface area contributed by atoms with Crippen LogP contribution in [0.1, 0.15) is 19.8 Å². The lowest BCUT2D eigenvalue weighted by Crippen LogP contribution is -2.24. The van der Waals surface area contributed by atoms with Gasteiger partial charge in [0.1, 0.15) is 0 Å².